The quantitative estimate of drug-likeness (QED) is 0.496. The van der Waals surface area contributed by atoms with Gasteiger partial charge in [0.2, 0.25) is 0 Å². The zero-order valence-corrected chi connectivity index (χ0v) is 12.7. The molecule has 0 aliphatic rings. The first-order valence-electron chi connectivity index (χ1n) is 6.07. The molecule has 1 aromatic carbocycles. The van der Waals surface area contributed by atoms with Gasteiger partial charge in [0.15, 0.2) is 5.16 Å². The summed E-state index contributed by atoms with van der Waals surface area (Å²) in [6.45, 7) is 0. The largest absolute Gasteiger partial charge is 0.339 e. The molecular formula is C13H15N3O2S2. The highest BCUT2D eigenvalue weighted by Gasteiger charge is 2.12. The second-order valence-electron chi connectivity index (χ2n) is 4.30. The van der Waals surface area contributed by atoms with E-state index in [2.05, 4.69) is 34.8 Å². The molecule has 0 aliphatic carbocycles. The summed E-state index contributed by atoms with van der Waals surface area (Å²) in [5.74, 6) is 1.70. The van der Waals surface area contributed by atoms with Gasteiger partial charge < -0.3 is 0 Å². The van der Waals surface area contributed by atoms with E-state index in [1.807, 2.05) is 18.2 Å². The average molecular weight is 309 g/mol. The second kappa shape index (κ2) is 6.81. The van der Waals surface area contributed by atoms with Gasteiger partial charge in [-0.1, -0.05) is 42.1 Å². The van der Waals surface area contributed by atoms with Gasteiger partial charge in [0, 0.05) is 18.7 Å². The summed E-state index contributed by atoms with van der Waals surface area (Å²) >= 11 is 5.81. The van der Waals surface area contributed by atoms with Gasteiger partial charge in [0.05, 0.1) is 0 Å². The Kier molecular flexibility index (Phi) is 5.08. The van der Waals surface area contributed by atoms with Crippen molar-refractivity contribution >= 4 is 24.4 Å². The summed E-state index contributed by atoms with van der Waals surface area (Å²) in [7, 11) is 1.66. The van der Waals surface area contributed by atoms with Crippen molar-refractivity contribution in [2.45, 2.75) is 11.1 Å². The van der Waals surface area contributed by atoms with Crippen LogP contribution in [0, 0.1) is 0 Å². The normalized spacial score (nSPS) is 12.3. The molecule has 0 amide bonds. The lowest BCUT2D eigenvalue weighted by Gasteiger charge is -2.14. The fourth-order valence-electron chi connectivity index (χ4n) is 1.74. The van der Waals surface area contributed by atoms with Crippen molar-refractivity contribution in [2.24, 2.45) is 7.05 Å². The van der Waals surface area contributed by atoms with Crippen LogP contribution >= 0.6 is 24.4 Å². The number of H-pyrrole nitrogens is 1. The van der Waals surface area contributed by atoms with Crippen LogP contribution in [0.4, 0.5) is 0 Å². The Balaban J connectivity index is 2.13. The maximum absolute atomic E-state index is 11.3. The summed E-state index contributed by atoms with van der Waals surface area (Å²) in [5, 5.41) is 2.93. The Morgan fingerprint density at radius 3 is 2.70 bits per heavy atom. The number of nitrogens with one attached hydrogen (secondary N) is 1. The van der Waals surface area contributed by atoms with Gasteiger partial charge in [-0.05, 0) is 11.3 Å². The Labute approximate surface area is 125 Å². The molecule has 1 aromatic heterocycles. The highest BCUT2D eigenvalue weighted by Crippen LogP contribution is 2.24. The fourth-order valence-corrected chi connectivity index (χ4v) is 3.31. The number of aryl methyl sites for hydroxylation is 1. The molecule has 0 aliphatic heterocycles. The van der Waals surface area contributed by atoms with Gasteiger partial charge in [-0.15, -0.1) is 0 Å². The summed E-state index contributed by atoms with van der Waals surface area (Å²) in [4.78, 5) is 26.2. The maximum atomic E-state index is 11.3. The number of nitrogens with zero attached hydrogens (tertiary/aromatic N) is 2. The number of benzene rings is 1. The van der Waals surface area contributed by atoms with E-state index < -0.39 is 11.1 Å². The minimum atomic E-state index is -0.757. The van der Waals surface area contributed by atoms with Gasteiger partial charge in [-0.3, -0.25) is 19.4 Å². The van der Waals surface area contributed by atoms with Crippen LogP contribution in [0.15, 0.2) is 45.1 Å². The average Bonchev–Trinajstić information content (AvgIpc) is 2.46. The van der Waals surface area contributed by atoms with Gasteiger partial charge >= 0.3 is 11.1 Å². The van der Waals surface area contributed by atoms with E-state index in [-0.39, 0.29) is 5.92 Å². The molecule has 2 rings (SSSR count). The summed E-state index contributed by atoms with van der Waals surface area (Å²) in [5.41, 5.74) is -0.261. The SMILES string of the molecule is Cn1[nH]c(=O)c(=O)nc1SCC(CS)c1ccccc1. The molecule has 0 spiro atoms. The number of hydrogen-bond acceptors (Lipinski definition) is 5. The van der Waals surface area contributed by atoms with E-state index in [4.69, 9.17) is 0 Å². The van der Waals surface area contributed by atoms with Crippen LogP contribution in [-0.4, -0.2) is 26.3 Å². The smallest absolute Gasteiger partial charge is 0.265 e. The molecule has 0 saturated heterocycles. The number of thiol groups is 1. The van der Waals surface area contributed by atoms with Gasteiger partial charge in [0.1, 0.15) is 0 Å². The number of rotatable bonds is 5. The van der Waals surface area contributed by atoms with Crippen molar-refractivity contribution < 1.29 is 0 Å². The van der Waals surface area contributed by atoms with Crippen molar-refractivity contribution in [3.05, 3.63) is 56.6 Å². The molecule has 1 N–H and O–H groups in total. The molecule has 7 heteroatoms. The van der Waals surface area contributed by atoms with Crippen LogP contribution in [0.2, 0.25) is 0 Å². The van der Waals surface area contributed by atoms with E-state index >= 15 is 0 Å². The molecule has 1 atom stereocenters. The monoisotopic (exact) mass is 309 g/mol. The Morgan fingerprint density at radius 1 is 1.35 bits per heavy atom. The van der Waals surface area contributed by atoms with E-state index in [1.54, 1.807) is 7.05 Å². The minimum absolute atomic E-state index is 0.258. The number of thioether (sulfide) groups is 1. The third-order valence-electron chi connectivity index (χ3n) is 2.85. The van der Waals surface area contributed by atoms with Crippen LogP contribution in [0.5, 0.6) is 0 Å². The first-order chi connectivity index (χ1) is 9.61. The second-order valence-corrected chi connectivity index (χ2v) is 5.65. The molecule has 20 heavy (non-hydrogen) atoms. The molecule has 5 nitrogen and oxygen atoms in total. The molecule has 0 saturated carbocycles. The Bertz CT molecular complexity index is 682. The Morgan fingerprint density at radius 2 is 2.05 bits per heavy atom. The van der Waals surface area contributed by atoms with Crippen molar-refractivity contribution in [3.63, 3.8) is 0 Å². The zero-order valence-electron chi connectivity index (χ0n) is 10.9. The predicted molar refractivity (Wildman–Crippen MR) is 83.9 cm³/mol. The lowest BCUT2D eigenvalue weighted by molar-refractivity contribution is 0.596. The van der Waals surface area contributed by atoms with Crippen LogP contribution < -0.4 is 11.1 Å². The number of aromatic amines is 1. The summed E-state index contributed by atoms with van der Waals surface area (Å²) < 4.78 is 1.47. The molecule has 1 unspecified atom stereocenters. The topological polar surface area (TPSA) is 67.8 Å². The van der Waals surface area contributed by atoms with Crippen molar-refractivity contribution in [1.82, 2.24) is 14.8 Å². The molecule has 0 fully saturated rings. The molecule has 1 heterocycles. The summed E-state index contributed by atoms with van der Waals surface area (Å²) in [6.07, 6.45) is 0. The van der Waals surface area contributed by atoms with E-state index in [0.29, 0.717) is 10.9 Å². The predicted octanol–water partition coefficient (Wildman–Crippen LogP) is 1.27. The van der Waals surface area contributed by atoms with E-state index in [0.717, 1.165) is 5.75 Å². The van der Waals surface area contributed by atoms with Crippen LogP contribution in [0.1, 0.15) is 11.5 Å². The molecule has 2 aromatic rings. The van der Waals surface area contributed by atoms with Gasteiger partial charge in [0.25, 0.3) is 0 Å². The van der Waals surface area contributed by atoms with Crippen molar-refractivity contribution in [2.75, 3.05) is 11.5 Å². The lowest BCUT2D eigenvalue weighted by Crippen LogP contribution is -2.34. The fraction of sp³-hybridized carbons (Fsp3) is 0.308. The van der Waals surface area contributed by atoms with Crippen LogP contribution in [0.25, 0.3) is 0 Å². The summed E-state index contributed by atoms with van der Waals surface area (Å²) in [6, 6.07) is 10.1. The molecular weight excluding hydrogens is 294 g/mol. The highest BCUT2D eigenvalue weighted by atomic mass is 32.2. The first kappa shape index (κ1) is 14.9. The highest BCUT2D eigenvalue weighted by molar-refractivity contribution is 7.99. The van der Waals surface area contributed by atoms with Crippen LogP contribution in [-0.2, 0) is 7.05 Å². The number of aromatic nitrogens is 3. The third-order valence-corrected chi connectivity index (χ3v) is 4.49. The molecule has 106 valence electrons. The zero-order chi connectivity index (χ0) is 14.5. The molecule has 0 radical (unpaired) electrons. The number of hydrogen-bond donors (Lipinski definition) is 2. The minimum Gasteiger partial charge on any atom is -0.265 e. The van der Waals surface area contributed by atoms with Crippen LogP contribution in [0.3, 0.4) is 0 Å². The Hall–Kier alpha value is -1.47. The lowest BCUT2D eigenvalue weighted by atomic mass is 10.0. The van der Waals surface area contributed by atoms with Gasteiger partial charge in [-0.2, -0.15) is 17.6 Å². The first-order valence-corrected chi connectivity index (χ1v) is 7.69. The molecule has 0 bridgehead atoms. The standard InChI is InChI=1S/C13H15N3O2S2/c1-16-13(14-11(17)12(18)15-16)20-8-10(7-19)9-5-3-2-4-6-9/h2-6,10,19H,7-8H2,1H3,(H,15,18). The third kappa shape index (κ3) is 3.55. The maximum Gasteiger partial charge on any atom is 0.339 e. The van der Waals surface area contributed by atoms with E-state index in [1.165, 1.54) is 22.0 Å². The van der Waals surface area contributed by atoms with Crippen molar-refractivity contribution in [1.29, 1.82) is 0 Å². The van der Waals surface area contributed by atoms with Crippen molar-refractivity contribution in [3.8, 4) is 0 Å². The van der Waals surface area contributed by atoms with E-state index in [9.17, 15) is 9.59 Å². The van der Waals surface area contributed by atoms with Gasteiger partial charge in [-0.25, -0.2) is 0 Å².